The van der Waals surface area contributed by atoms with Crippen LogP contribution in [-0.4, -0.2) is 217 Å². The maximum atomic E-state index is 11.1. The van der Waals surface area contributed by atoms with Gasteiger partial charge in [-0.25, -0.2) is 18.9 Å². The third kappa shape index (κ3) is 40.2. The van der Waals surface area contributed by atoms with Crippen LogP contribution in [-0.2, 0) is 74.0 Å². The Morgan fingerprint density at radius 1 is 0.324 bits per heavy atom. The van der Waals surface area contributed by atoms with Gasteiger partial charge in [0.15, 0.2) is 0 Å². The van der Waals surface area contributed by atoms with Crippen LogP contribution in [0.3, 0.4) is 0 Å². The summed E-state index contributed by atoms with van der Waals surface area (Å²) in [6.07, 6.45) is 4.34. The average molecular weight is 1130 g/mol. The molecule has 0 aromatic carbocycles. The standard InChI is InChI=1S/C15H18N6O12.C15H15N6O9.7Na.4H2O/c22-7(23)1-19(2-8(24)25)13-16-14(20(3-9(26)27)4-10(28)29)18-15(17-13)21(5-11(30)31)6-12(32)33;22-4-1-19(2-5-23)13-16-14(20(3-6-24)7-10(25)26)18-15(17-13)21(8-11(27)28)9-12(29)30;;;;;;;;;;;/h1-6H2,(H,22,23)(H,24,25)(H,26,27)(H,28,29)(H,30,31)(H,32,33);1-3,7-9H2,(H,25,26)(H,27,28)(H,29,30);;;;;;;;4*1H2/q;-3;7*+1;;;;/p-1. The Morgan fingerprint density at radius 3 is 0.649 bits per heavy atom. The monoisotopic (exact) mass is 1130 g/mol. The molecule has 0 fully saturated rings. The second-order valence-corrected chi connectivity index (χ2v) is 11.5. The molecule has 2 aromatic rings. The van der Waals surface area contributed by atoms with Crippen LogP contribution in [0.5, 0.6) is 0 Å². The van der Waals surface area contributed by atoms with Crippen LogP contribution < -0.4 is 252 Å². The molecule has 0 bridgehead atoms. The molecule has 0 saturated carbocycles. The normalized spacial score (nSPS) is 8.59. The number of carbonyl (C=O) groups excluding carboxylic acids is 6. The van der Waals surface area contributed by atoms with Crippen molar-refractivity contribution < 1.29 is 332 Å². The number of carbonyl (C=O) groups is 9. The molecular weight excluding hydrogens is 1090 g/mol. The second-order valence-electron chi connectivity index (χ2n) is 11.5. The van der Waals surface area contributed by atoms with E-state index in [0.29, 0.717) is 19.6 Å². The van der Waals surface area contributed by atoms with Crippen molar-refractivity contribution in [3.05, 3.63) is 0 Å². The van der Waals surface area contributed by atoms with E-state index in [-0.39, 0.29) is 229 Å². The van der Waals surface area contributed by atoms with Crippen molar-refractivity contribution in [1.29, 1.82) is 0 Å². The largest absolute Gasteiger partial charge is 1.00 e. The van der Waals surface area contributed by atoms with Gasteiger partial charge in [0.25, 0.3) is 0 Å². The maximum absolute atomic E-state index is 11.1. The molecular formula is C30H40N12Na7O25+3. The van der Waals surface area contributed by atoms with Crippen LogP contribution in [0.25, 0.3) is 0 Å². The van der Waals surface area contributed by atoms with Crippen LogP contribution >= 0.6 is 0 Å². The van der Waals surface area contributed by atoms with E-state index in [4.69, 9.17) is 30.6 Å². The zero-order valence-corrected chi connectivity index (χ0v) is 54.8. The quantitative estimate of drug-likeness (QED) is 0.0240. The van der Waals surface area contributed by atoms with Crippen LogP contribution in [0.4, 0.5) is 35.7 Å². The summed E-state index contributed by atoms with van der Waals surface area (Å²) < 4.78 is 0. The number of nitrogens with zero attached hydrogens (tertiary/aromatic N) is 12. The van der Waals surface area contributed by atoms with Gasteiger partial charge in [0.2, 0.25) is 35.7 Å². The zero-order chi connectivity index (χ0) is 48.0. The van der Waals surface area contributed by atoms with E-state index in [1.165, 1.54) is 18.9 Å². The summed E-state index contributed by atoms with van der Waals surface area (Å²) in [5, 5.41) is 87.2. The Bertz CT molecular complexity index is 1890. The molecule has 0 saturated heterocycles. The van der Waals surface area contributed by atoms with E-state index in [9.17, 15) is 72.9 Å². The van der Waals surface area contributed by atoms with Gasteiger partial charge < -0.3 is 126 Å². The van der Waals surface area contributed by atoms with Crippen LogP contribution in [0.2, 0.25) is 0 Å². The molecule has 2 aromatic heterocycles. The molecule has 74 heavy (non-hydrogen) atoms. The van der Waals surface area contributed by atoms with Gasteiger partial charge in [-0.2, -0.15) is 29.9 Å². The van der Waals surface area contributed by atoms with Crippen molar-refractivity contribution in [2.45, 2.75) is 0 Å². The maximum Gasteiger partial charge on any atom is 1.00 e. The Kier molecular flexibility index (Phi) is 68.0. The third-order valence-electron chi connectivity index (χ3n) is 6.58. The molecule has 37 nitrogen and oxygen atoms in total. The van der Waals surface area contributed by atoms with E-state index < -0.39 is 168 Å². The second kappa shape index (κ2) is 51.6. The molecule has 0 spiro atoms. The number of anilines is 6. The van der Waals surface area contributed by atoms with Gasteiger partial charge in [-0.05, 0) is 0 Å². The summed E-state index contributed by atoms with van der Waals surface area (Å²) in [6.45, 7) is -10.6. The predicted octanol–water partition coefficient (Wildman–Crippen LogP) is -34.2. The first-order valence-corrected chi connectivity index (χ1v) is 16.5. The summed E-state index contributed by atoms with van der Waals surface area (Å²) in [5.41, 5.74) is 0. The minimum atomic E-state index is -1.72. The number of hydrogen-bond acceptors (Lipinski definition) is 28. The Hall–Kier alpha value is -2.10. The van der Waals surface area contributed by atoms with Crippen molar-refractivity contribution in [2.75, 3.05) is 108 Å². The van der Waals surface area contributed by atoms with E-state index in [0.717, 1.165) is 9.80 Å². The van der Waals surface area contributed by atoms with Crippen LogP contribution in [0.1, 0.15) is 0 Å². The number of hydrogen-bond donors (Lipinski definition) is 6. The number of carboxylic acids is 9. The van der Waals surface area contributed by atoms with E-state index in [1.807, 2.05) is 0 Å². The van der Waals surface area contributed by atoms with E-state index in [1.54, 1.807) is 0 Å². The summed E-state index contributed by atoms with van der Waals surface area (Å²) in [7, 11) is 0. The summed E-state index contributed by atoms with van der Waals surface area (Å²) in [5.74, 6) is -18.0. The molecule has 0 aliphatic carbocycles. The summed E-state index contributed by atoms with van der Waals surface area (Å²) in [4.78, 5) is 159. The molecule has 0 unspecified atom stereocenters. The molecule has 0 radical (unpaired) electrons. The van der Waals surface area contributed by atoms with Crippen molar-refractivity contribution in [3.8, 4) is 0 Å². The predicted molar refractivity (Wildman–Crippen MR) is 207 cm³/mol. The molecule has 374 valence electrons. The molecule has 0 amide bonds. The van der Waals surface area contributed by atoms with Crippen molar-refractivity contribution >= 4 is 108 Å². The minimum absolute atomic E-state index is 0. The average Bonchev–Trinajstić information content (AvgIpc) is 3.15. The van der Waals surface area contributed by atoms with Gasteiger partial charge in [0.05, 0.1) is 37.5 Å². The zero-order valence-electron chi connectivity index (χ0n) is 40.8. The van der Waals surface area contributed by atoms with Gasteiger partial charge >= 0.3 is 243 Å². The third-order valence-corrected chi connectivity index (χ3v) is 6.58. The summed E-state index contributed by atoms with van der Waals surface area (Å²) in [6, 6.07) is 0. The Labute approximate surface area is 570 Å². The molecule has 2 heterocycles. The fraction of sp³-hybridized carbons (Fsp3) is 0.400. The van der Waals surface area contributed by atoms with Crippen LogP contribution in [0.15, 0.2) is 0 Å². The van der Waals surface area contributed by atoms with Crippen LogP contribution in [0, 0.1) is 0 Å². The van der Waals surface area contributed by atoms with Gasteiger partial charge in [-0.15, -0.1) is 0 Å². The minimum Gasteiger partial charge on any atom is -0.870 e. The van der Waals surface area contributed by atoms with Crippen molar-refractivity contribution in [2.24, 2.45) is 0 Å². The van der Waals surface area contributed by atoms with Gasteiger partial charge in [0.1, 0.15) is 39.3 Å². The van der Waals surface area contributed by atoms with Gasteiger partial charge in [0, 0.05) is 0 Å². The number of carboxylic acid groups (broad SMARTS) is 9. The summed E-state index contributed by atoms with van der Waals surface area (Å²) >= 11 is 0. The van der Waals surface area contributed by atoms with Crippen molar-refractivity contribution in [3.63, 3.8) is 0 Å². The number of aliphatic carboxylic acids is 9. The Balaban J connectivity index is -0.000000104. The first kappa shape index (κ1) is 97.5. The van der Waals surface area contributed by atoms with Gasteiger partial charge in [-0.3, -0.25) is 28.8 Å². The van der Waals surface area contributed by atoms with Crippen molar-refractivity contribution in [1.82, 2.24) is 29.9 Å². The fourth-order valence-corrected chi connectivity index (χ4v) is 4.40. The Morgan fingerprint density at radius 2 is 0.473 bits per heavy atom. The smallest absolute Gasteiger partial charge is 0.870 e. The first-order valence-electron chi connectivity index (χ1n) is 16.5. The molecule has 0 aliphatic heterocycles. The topological polar surface area (TPSA) is 621 Å². The molecule has 16 N–H and O–H groups in total. The van der Waals surface area contributed by atoms with E-state index >= 15 is 0 Å². The number of rotatable bonds is 30. The SMILES string of the molecule is O=C(O)CN(CC(=O)O)c1nc(N(CC(=O)O)CC(=O)O)nc(N(CC(=O)O)CC(=O)O)n1.O=[C-]CN(C[C-]=O)c1nc(N(C[C-]=O)CC(=O)[O-])nc(N(CC(=O)[O-])CC(=O)[O-])n1.[Na+].[Na+].[Na+].[Na+].[Na+].[Na+].[Na+].[OH-].[OH3+].[OH3+].[OH3+]. The van der Waals surface area contributed by atoms with E-state index in [2.05, 4.69) is 29.9 Å². The molecule has 2 rings (SSSR count). The van der Waals surface area contributed by atoms with Gasteiger partial charge in [-0.1, -0.05) is 19.6 Å². The number of aromatic nitrogens is 6. The fourth-order valence-electron chi connectivity index (χ4n) is 4.40. The molecule has 0 aliphatic rings. The first-order chi connectivity index (χ1) is 29.5. The molecule has 0 atom stereocenters. The molecule has 44 heteroatoms.